The van der Waals surface area contributed by atoms with Crippen molar-refractivity contribution in [1.29, 1.82) is 0 Å². The fraction of sp³-hybridized carbons (Fsp3) is 0.667. The molecule has 0 atom stereocenters. The van der Waals surface area contributed by atoms with Gasteiger partial charge in [0.1, 0.15) is 5.75 Å². The van der Waals surface area contributed by atoms with Gasteiger partial charge in [-0.1, -0.05) is 121 Å². The summed E-state index contributed by atoms with van der Waals surface area (Å²) in [6.45, 7) is 3.06. The minimum Gasteiger partial charge on any atom is -0.494 e. The summed E-state index contributed by atoms with van der Waals surface area (Å²) < 4.78 is 5.79. The number of hydrogen-bond acceptors (Lipinski definition) is 2. The number of ether oxygens (including phenoxy) is 1. The van der Waals surface area contributed by atoms with Crippen molar-refractivity contribution in [1.82, 2.24) is 0 Å². The molecule has 1 aromatic carbocycles. The number of hydrogen-bond donors (Lipinski definition) is 0. The van der Waals surface area contributed by atoms with Crippen LogP contribution in [0.5, 0.6) is 5.75 Å². The zero-order valence-electron chi connectivity index (χ0n) is 19.2. The Bertz CT molecular complexity index is 550. The average molecular weight is 435 g/mol. The molecule has 2 nitrogen and oxygen atoms in total. The van der Waals surface area contributed by atoms with E-state index in [9.17, 15) is 4.79 Å². The number of benzene rings is 1. The van der Waals surface area contributed by atoms with Gasteiger partial charge in [0.15, 0.2) is 0 Å². The van der Waals surface area contributed by atoms with Gasteiger partial charge in [-0.2, -0.15) is 0 Å². The van der Waals surface area contributed by atoms with Crippen LogP contribution in [0.2, 0.25) is 0 Å². The molecule has 0 N–H and O–H groups in total. The molecule has 0 saturated heterocycles. The van der Waals surface area contributed by atoms with Crippen LogP contribution < -0.4 is 4.74 Å². The van der Waals surface area contributed by atoms with Gasteiger partial charge in [-0.3, -0.25) is 4.79 Å². The van der Waals surface area contributed by atoms with E-state index in [1.807, 2.05) is 24.3 Å². The highest BCUT2D eigenvalue weighted by molar-refractivity contribution is 6.66. The van der Waals surface area contributed by atoms with Gasteiger partial charge in [0.05, 0.1) is 6.61 Å². The maximum Gasteiger partial charge on any atom is 0.245 e. The summed E-state index contributed by atoms with van der Waals surface area (Å²) in [5, 5.41) is -0.459. The molecule has 0 aliphatic rings. The first-order valence-corrected chi connectivity index (χ1v) is 12.7. The Morgan fingerprint density at radius 2 is 1.17 bits per heavy atom. The predicted molar refractivity (Wildman–Crippen MR) is 131 cm³/mol. The molecule has 1 aromatic rings. The Kier molecular flexibility index (Phi) is 17.5. The fourth-order valence-electron chi connectivity index (χ4n) is 3.68. The summed E-state index contributed by atoms with van der Waals surface area (Å²) in [6.07, 6.45) is 25.2. The van der Waals surface area contributed by atoms with Crippen LogP contribution in [0.25, 0.3) is 6.08 Å². The summed E-state index contributed by atoms with van der Waals surface area (Å²) in [6, 6.07) is 7.73. The Hall–Kier alpha value is -1.28. The first-order chi connectivity index (χ1) is 14.7. The summed E-state index contributed by atoms with van der Waals surface area (Å²) in [5.74, 6) is 0.880. The summed E-state index contributed by atoms with van der Waals surface area (Å²) in [4.78, 5) is 10.7. The van der Waals surface area contributed by atoms with Gasteiger partial charge >= 0.3 is 0 Å². The van der Waals surface area contributed by atoms with Crippen molar-refractivity contribution in [3.63, 3.8) is 0 Å². The third-order valence-electron chi connectivity index (χ3n) is 5.55. The zero-order valence-corrected chi connectivity index (χ0v) is 19.9. The first-order valence-electron chi connectivity index (χ1n) is 12.3. The molecule has 0 aliphatic carbocycles. The van der Waals surface area contributed by atoms with Crippen LogP contribution in [0.15, 0.2) is 30.3 Å². The average Bonchev–Trinajstić information content (AvgIpc) is 2.75. The van der Waals surface area contributed by atoms with E-state index in [0.717, 1.165) is 24.3 Å². The van der Waals surface area contributed by atoms with Crippen molar-refractivity contribution in [2.24, 2.45) is 0 Å². The van der Waals surface area contributed by atoms with Crippen LogP contribution in [0.3, 0.4) is 0 Å². The van der Waals surface area contributed by atoms with Crippen molar-refractivity contribution in [3.05, 3.63) is 35.9 Å². The highest BCUT2D eigenvalue weighted by Gasteiger charge is 1.97. The molecule has 0 aromatic heterocycles. The number of carbonyl (C=O) groups is 1. The summed E-state index contributed by atoms with van der Waals surface area (Å²) in [7, 11) is 0. The lowest BCUT2D eigenvalue weighted by atomic mass is 10.0. The molecule has 0 radical (unpaired) electrons. The number of allylic oxidation sites excluding steroid dienone is 1. The number of carbonyl (C=O) groups excluding carboxylic acids is 1. The summed E-state index contributed by atoms with van der Waals surface area (Å²) >= 11 is 5.29. The van der Waals surface area contributed by atoms with E-state index in [4.69, 9.17) is 16.3 Å². The smallest absolute Gasteiger partial charge is 0.245 e. The van der Waals surface area contributed by atoms with Crippen LogP contribution in [-0.4, -0.2) is 11.8 Å². The van der Waals surface area contributed by atoms with Crippen LogP contribution in [0, 0.1) is 0 Å². The Labute approximate surface area is 190 Å². The standard InChI is InChI=1S/C27H43ClO2/c1-2-3-4-5-6-7-8-9-10-11-12-13-14-15-16-17-24-30-26-21-18-25(19-22-26)20-23-27(28)29/h18-23H,2-17,24H2,1H3/b23-20+. The lowest BCUT2D eigenvalue weighted by molar-refractivity contribution is -0.107. The minimum atomic E-state index is -0.459. The van der Waals surface area contributed by atoms with Crippen LogP contribution in [0.4, 0.5) is 0 Å². The number of unbranched alkanes of at least 4 members (excludes halogenated alkanes) is 15. The molecule has 0 saturated carbocycles. The molecule has 170 valence electrons. The van der Waals surface area contributed by atoms with Crippen molar-refractivity contribution in [2.45, 2.75) is 110 Å². The van der Waals surface area contributed by atoms with E-state index in [2.05, 4.69) is 6.92 Å². The maximum atomic E-state index is 10.7. The SMILES string of the molecule is CCCCCCCCCCCCCCCCCCOc1ccc(/C=C/C(=O)Cl)cc1. The van der Waals surface area contributed by atoms with Crippen LogP contribution in [0.1, 0.15) is 115 Å². The molecule has 1 rings (SSSR count). The Morgan fingerprint density at radius 1 is 0.733 bits per heavy atom. The Morgan fingerprint density at radius 3 is 1.60 bits per heavy atom. The van der Waals surface area contributed by atoms with Gasteiger partial charge < -0.3 is 4.74 Å². The van der Waals surface area contributed by atoms with E-state index in [-0.39, 0.29) is 0 Å². The molecule has 0 fully saturated rings. The van der Waals surface area contributed by atoms with E-state index >= 15 is 0 Å². The second-order valence-electron chi connectivity index (χ2n) is 8.36. The van der Waals surface area contributed by atoms with Gasteiger partial charge in [0.25, 0.3) is 0 Å². The molecule has 0 amide bonds. The molecule has 0 aliphatic heterocycles. The van der Waals surface area contributed by atoms with Crippen LogP contribution >= 0.6 is 11.6 Å². The second kappa shape index (κ2) is 19.7. The van der Waals surface area contributed by atoms with Crippen molar-refractivity contribution in [3.8, 4) is 5.75 Å². The van der Waals surface area contributed by atoms with Crippen LogP contribution in [-0.2, 0) is 4.79 Å². The predicted octanol–water partition coefficient (Wildman–Crippen LogP) is 9.11. The van der Waals surface area contributed by atoms with E-state index < -0.39 is 5.24 Å². The van der Waals surface area contributed by atoms with E-state index in [0.29, 0.717) is 0 Å². The monoisotopic (exact) mass is 434 g/mol. The summed E-state index contributed by atoms with van der Waals surface area (Å²) in [5.41, 5.74) is 0.943. The molecular formula is C27H43ClO2. The Balaban J connectivity index is 1.84. The molecule has 30 heavy (non-hydrogen) atoms. The highest BCUT2D eigenvalue weighted by Crippen LogP contribution is 2.16. The van der Waals surface area contributed by atoms with Crippen molar-refractivity contribution in [2.75, 3.05) is 6.61 Å². The quantitative estimate of drug-likeness (QED) is 0.116. The van der Waals surface area contributed by atoms with Crippen molar-refractivity contribution >= 4 is 22.9 Å². The highest BCUT2D eigenvalue weighted by atomic mass is 35.5. The van der Waals surface area contributed by atoms with Gasteiger partial charge in [0.2, 0.25) is 5.24 Å². The third kappa shape index (κ3) is 16.5. The van der Waals surface area contributed by atoms with E-state index in [1.165, 1.54) is 102 Å². The number of halogens is 1. The van der Waals surface area contributed by atoms with Gasteiger partial charge in [-0.15, -0.1) is 0 Å². The third-order valence-corrected chi connectivity index (χ3v) is 5.68. The maximum absolute atomic E-state index is 10.7. The van der Waals surface area contributed by atoms with Gasteiger partial charge in [0, 0.05) is 0 Å². The van der Waals surface area contributed by atoms with Gasteiger partial charge in [-0.05, 0) is 41.8 Å². The lowest BCUT2D eigenvalue weighted by Gasteiger charge is -2.06. The minimum absolute atomic E-state index is 0.459. The van der Waals surface area contributed by atoms with Crippen molar-refractivity contribution < 1.29 is 9.53 Å². The molecule has 0 heterocycles. The van der Waals surface area contributed by atoms with Gasteiger partial charge in [-0.25, -0.2) is 0 Å². The molecular weight excluding hydrogens is 392 g/mol. The topological polar surface area (TPSA) is 26.3 Å². The number of rotatable bonds is 20. The normalized spacial score (nSPS) is 11.3. The second-order valence-corrected chi connectivity index (χ2v) is 8.73. The fourth-order valence-corrected chi connectivity index (χ4v) is 3.74. The molecule has 0 spiro atoms. The largest absolute Gasteiger partial charge is 0.494 e. The van der Waals surface area contributed by atoms with E-state index in [1.54, 1.807) is 6.08 Å². The molecule has 0 unspecified atom stereocenters. The lowest BCUT2D eigenvalue weighted by Crippen LogP contribution is -1.97. The molecule has 0 bridgehead atoms. The first kappa shape index (κ1) is 26.8. The molecule has 3 heteroatoms. The zero-order chi connectivity index (χ0) is 21.7.